The standard InChI is InChI=1S/C52H81NO3/c1-3-5-7-9-11-12-13-14-15-16-17-18-19-20-21-22-23-24-25-26-27-28-29-30-31-32-33-34-35-36-37-38-39-40-42-44-46-48-52(56)53-50(49-54)51(55)47-45-43-41-10-8-6-4-2/h5,7-8,10-12,14-15,17-18,20-21,23-24,26-27,29-30,32-33,35-36,45,47,50-51,54-55H,3-4,6,9,13,16,19,22,25,28,31,34,37-44,46,48-49H2,1-2H3,(H,53,56)/b7-5-,10-8+,12-11-,15-14-,18-17-,21-20-,24-23-,27-26-,30-29-,33-32-,36-35-,47-45+. The summed E-state index contributed by atoms with van der Waals surface area (Å²) in [7, 11) is 0. The van der Waals surface area contributed by atoms with Gasteiger partial charge in [0.2, 0.25) is 5.91 Å². The zero-order chi connectivity index (χ0) is 40.7. The second-order valence-corrected chi connectivity index (χ2v) is 14.0. The van der Waals surface area contributed by atoms with Crippen LogP contribution in [0.5, 0.6) is 0 Å². The van der Waals surface area contributed by atoms with Crippen molar-refractivity contribution >= 4 is 5.91 Å². The molecule has 3 N–H and O–H groups in total. The zero-order valence-corrected chi connectivity index (χ0v) is 35.6. The predicted molar refractivity (Wildman–Crippen MR) is 248 cm³/mol. The van der Waals surface area contributed by atoms with Crippen molar-refractivity contribution in [2.45, 2.75) is 167 Å². The molecule has 0 aromatic rings. The van der Waals surface area contributed by atoms with Crippen LogP contribution in [-0.4, -0.2) is 34.9 Å². The van der Waals surface area contributed by atoms with E-state index in [2.05, 4.69) is 153 Å². The number of hydrogen-bond donors (Lipinski definition) is 3. The molecule has 0 radical (unpaired) electrons. The Bertz CT molecular complexity index is 1240. The Morgan fingerprint density at radius 2 is 0.804 bits per heavy atom. The molecule has 0 heterocycles. The fraction of sp³-hybridized carbons (Fsp3) is 0.519. The van der Waals surface area contributed by atoms with E-state index in [4.69, 9.17) is 0 Å². The first-order valence-electron chi connectivity index (χ1n) is 22.0. The molecule has 56 heavy (non-hydrogen) atoms. The number of allylic oxidation sites excluding steroid dienone is 23. The van der Waals surface area contributed by atoms with E-state index in [1.165, 1.54) is 19.3 Å². The molecule has 0 spiro atoms. The Morgan fingerprint density at radius 3 is 1.23 bits per heavy atom. The van der Waals surface area contributed by atoms with E-state index in [1.54, 1.807) is 6.08 Å². The van der Waals surface area contributed by atoms with Gasteiger partial charge in [-0.05, 0) is 103 Å². The van der Waals surface area contributed by atoms with Crippen LogP contribution in [0.25, 0.3) is 0 Å². The summed E-state index contributed by atoms with van der Waals surface area (Å²) in [5.74, 6) is -0.102. The molecule has 0 rings (SSSR count). The molecule has 0 aliphatic heterocycles. The molecule has 0 aliphatic carbocycles. The molecule has 1 amide bonds. The summed E-state index contributed by atoms with van der Waals surface area (Å²) in [6.45, 7) is 4.04. The van der Waals surface area contributed by atoms with E-state index in [1.807, 2.05) is 6.08 Å². The van der Waals surface area contributed by atoms with Gasteiger partial charge < -0.3 is 15.5 Å². The van der Waals surface area contributed by atoms with Crippen molar-refractivity contribution in [3.8, 4) is 0 Å². The highest BCUT2D eigenvalue weighted by molar-refractivity contribution is 5.76. The second kappa shape index (κ2) is 45.7. The maximum absolute atomic E-state index is 12.3. The lowest BCUT2D eigenvalue weighted by atomic mass is 10.1. The molecule has 0 aliphatic rings. The van der Waals surface area contributed by atoms with Crippen molar-refractivity contribution in [1.82, 2.24) is 5.32 Å². The Morgan fingerprint density at radius 1 is 0.446 bits per heavy atom. The molecular formula is C52H81NO3. The van der Waals surface area contributed by atoms with Crippen molar-refractivity contribution < 1.29 is 15.0 Å². The molecule has 0 aromatic heterocycles. The van der Waals surface area contributed by atoms with E-state index >= 15 is 0 Å². The van der Waals surface area contributed by atoms with E-state index in [0.29, 0.717) is 6.42 Å². The van der Waals surface area contributed by atoms with Gasteiger partial charge in [-0.2, -0.15) is 0 Å². The van der Waals surface area contributed by atoms with Gasteiger partial charge in [-0.3, -0.25) is 4.79 Å². The van der Waals surface area contributed by atoms with E-state index < -0.39 is 12.1 Å². The molecule has 0 fully saturated rings. The summed E-state index contributed by atoms with van der Waals surface area (Å²) in [4.78, 5) is 12.3. The Labute approximate surface area is 344 Å². The first-order valence-corrected chi connectivity index (χ1v) is 22.0. The zero-order valence-electron chi connectivity index (χ0n) is 35.6. The molecular weight excluding hydrogens is 687 g/mol. The maximum Gasteiger partial charge on any atom is 0.220 e. The number of unbranched alkanes of at least 4 members (excludes halogenated alkanes) is 8. The van der Waals surface area contributed by atoms with Crippen LogP contribution < -0.4 is 5.32 Å². The SMILES string of the molecule is CC/C=C\C/C=C\C/C=C\C/C=C\C/C=C\C/C=C\C/C=C\C/C=C\C/C=C\C/C=C\CCCCCCCCC(=O)NC(CO)C(O)/C=C/CC/C=C/CCC. The van der Waals surface area contributed by atoms with Gasteiger partial charge in [0.1, 0.15) is 0 Å². The summed E-state index contributed by atoms with van der Waals surface area (Å²) in [5, 5.41) is 22.7. The predicted octanol–water partition coefficient (Wildman–Crippen LogP) is 14.1. The molecule has 0 saturated carbocycles. The summed E-state index contributed by atoms with van der Waals surface area (Å²) in [5.41, 5.74) is 0. The number of amides is 1. The second-order valence-electron chi connectivity index (χ2n) is 14.0. The average molecular weight is 768 g/mol. The third-order valence-electron chi connectivity index (χ3n) is 8.79. The van der Waals surface area contributed by atoms with Crippen molar-refractivity contribution in [2.24, 2.45) is 0 Å². The Balaban J connectivity index is 3.69. The van der Waals surface area contributed by atoms with Gasteiger partial charge in [0.05, 0.1) is 18.8 Å². The molecule has 312 valence electrons. The highest BCUT2D eigenvalue weighted by atomic mass is 16.3. The van der Waals surface area contributed by atoms with Crippen LogP contribution in [0.4, 0.5) is 0 Å². The van der Waals surface area contributed by atoms with Gasteiger partial charge in [-0.15, -0.1) is 0 Å². The molecule has 0 bridgehead atoms. The third-order valence-corrected chi connectivity index (χ3v) is 8.79. The molecule has 0 aromatic carbocycles. The number of hydrogen-bond acceptors (Lipinski definition) is 3. The summed E-state index contributed by atoms with van der Waals surface area (Å²) >= 11 is 0. The highest BCUT2D eigenvalue weighted by Gasteiger charge is 2.17. The quantitative estimate of drug-likeness (QED) is 0.0435. The molecule has 4 heteroatoms. The van der Waals surface area contributed by atoms with Crippen molar-refractivity contribution in [3.63, 3.8) is 0 Å². The van der Waals surface area contributed by atoms with Crippen molar-refractivity contribution in [2.75, 3.05) is 6.61 Å². The monoisotopic (exact) mass is 768 g/mol. The van der Waals surface area contributed by atoms with Crippen LogP contribution >= 0.6 is 0 Å². The largest absolute Gasteiger partial charge is 0.394 e. The minimum Gasteiger partial charge on any atom is -0.394 e. The summed E-state index contributed by atoms with van der Waals surface area (Å²) < 4.78 is 0. The van der Waals surface area contributed by atoms with Gasteiger partial charge in [-0.1, -0.05) is 192 Å². The number of carbonyl (C=O) groups is 1. The number of aliphatic hydroxyl groups excluding tert-OH is 2. The van der Waals surface area contributed by atoms with Gasteiger partial charge in [0.25, 0.3) is 0 Å². The van der Waals surface area contributed by atoms with Crippen LogP contribution in [0.1, 0.15) is 155 Å². The lowest BCUT2D eigenvalue weighted by Crippen LogP contribution is -2.45. The first kappa shape index (κ1) is 52.3. The Kier molecular flexibility index (Phi) is 42.6. The lowest BCUT2D eigenvalue weighted by molar-refractivity contribution is -0.123. The van der Waals surface area contributed by atoms with Crippen LogP contribution in [0.2, 0.25) is 0 Å². The van der Waals surface area contributed by atoms with Crippen LogP contribution in [0, 0.1) is 0 Å². The molecule has 2 atom stereocenters. The van der Waals surface area contributed by atoms with Gasteiger partial charge in [-0.25, -0.2) is 0 Å². The fourth-order valence-corrected chi connectivity index (χ4v) is 5.46. The van der Waals surface area contributed by atoms with Crippen LogP contribution in [0.3, 0.4) is 0 Å². The number of nitrogens with one attached hydrogen (secondary N) is 1. The minimum absolute atomic E-state index is 0.102. The number of carbonyl (C=O) groups excluding carboxylic acids is 1. The van der Waals surface area contributed by atoms with E-state index in [0.717, 1.165) is 116 Å². The summed E-state index contributed by atoms with van der Waals surface area (Å²) in [6, 6.07) is -0.654. The van der Waals surface area contributed by atoms with Crippen LogP contribution in [-0.2, 0) is 4.79 Å². The normalized spacial score (nSPS) is 14.4. The number of rotatable bonds is 37. The molecule has 4 nitrogen and oxygen atoms in total. The van der Waals surface area contributed by atoms with E-state index in [9.17, 15) is 15.0 Å². The van der Waals surface area contributed by atoms with Crippen LogP contribution in [0.15, 0.2) is 146 Å². The fourth-order valence-electron chi connectivity index (χ4n) is 5.46. The van der Waals surface area contributed by atoms with Gasteiger partial charge in [0, 0.05) is 6.42 Å². The van der Waals surface area contributed by atoms with Crippen molar-refractivity contribution in [1.29, 1.82) is 0 Å². The highest BCUT2D eigenvalue weighted by Crippen LogP contribution is 2.10. The lowest BCUT2D eigenvalue weighted by Gasteiger charge is -2.19. The minimum atomic E-state index is -0.875. The van der Waals surface area contributed by atoms with Gasteiger partial charge >= 0.3 is 0 Å². The molecule has 0 saturated heterocycles. The summed E-state index contributed by atoms with van der Waals surface area (Å²) in [6.07, 6.45) is 74.1. The Hall–Kier alpha value is -3.73. The first-order chi connectivity index (χ1) is 27.7. The van der Waals surface area contributed by atoms with E-state index in [-0.39, 0.29) is 12.5 Å². The topological polar surface area (TPSA) is 69.6 Å². The maximum atomic E-state index is 12.3. The van der Waals surface area contributed by atoms with Gasteiger partial charge in [0.15, 0.2) is 0 Å². The number of aliphatic hydroxyl groups is 2. The average Bonchev–Trinajstić information content (AvgIpc) is 3.20. The third kappa shape index (κ3) is 41.4. The van der Waals surface area contributed by atoms with Crippen molar-refractivity contribution in [3.05, 3.63) is 146 Å². The smallest absolute Gasteiger partial charge is 0.220 e. The molecule has 2 unspecified atom stereocenters.